The summed E-state index contributed by atoms with van der Waals surface area (Å²) >= 11 is 0. The zero-order valence-electron chi connectivity index (χ0n) is 14.3. The van der Waals surface area contributed by atoms with Crippen LogP contribution in [0.4, 0.5) is 4.39 Å². The Morgan fingerprint density at radius 1 is 0.963 bits per heavy atom. The van der Waals surface area contributed by atoms with Crippen molar-refractivity contribution in [2.45, 2.75) is 6.92 Å². The van der Waals surface area contributed by atoms with Gasteiger partial charge in [-0.3, -0.25) is 25.2 Å². The summed E-state index contributed by atoms with van der Waals surface area (Å²) in [5.41, 5.74) is 4.12. The van der Waals surface area contributed by atoms with Gasteiger partial charge in [0.2, 0.25) is 5.43 Å². The van der Waals surface area contributed by atoms with Crippen molar-refractivity contribution in [3.05, 3.63) is 93.7 Å². The summed E-state index contributed by atoms with van der Waals surface area (Å²) in [6.45, 7) is 1.68. The van der Waals surface area contributed by atoms with Gasteiger partial charge >= 0.3 is 0 Å². The van der Waals surface area contributed by atoms with Gasteiger partial charge in [-0.1, -0.05) is 30.3 Å². The first-order valence-electron chi connectivity index (χ1n) is 7.99. The number of amides is 2. The number of rotatable bonds is 3. The molecule has 136 valence electrons. The summed E-state index contributed by atoms with van der Waals surface area (Å²) in [6.07, 6.45) is 0. The summed E-state index contributed by atoms with van der Waals surface area (Å²) in [5, 5.41) is 4.08. The first-order chi connectivity index (χ1) is 13.0. The molecule has 7 nitrogen and oxygen atoms in total. The molecule has 0 atom stereocenters. The highest BCUT2D eigenvalue weighted by atomic mass is 19.1. The van der Waals surface area contributed by atoms with Gasteiger partial charge in [-0.15, -0.1) is 0 Å². The zero-order valence-corrected chi connectivity index (χ0v) is 14.3. The Morgan fingerprint density at radius 3 is 2.30 bits per heavy atom. The highest BCUT2D eigenvalue weighted by molar-refractivity contribution is 5.98. The molecule has 2 N–H and O–H groups in total. The fourth-order valence-corrected chi connectivity index (χ4v) is 2.42. The third kappa shape index (κ3) is 3.90. The molecule has 0 fully saturated rings. The number of hydrogen-bond donors (Lipinski definition) is 2. The van der Waals surface area contributed by atoms with Gasteiger partial charge < -0.3 is 0 Å². The molecule has 3 aromatic rings. The normalized spacial score (nSPS) is 10.3. The van der Waals surface area contributed by atoms with E-state index < -0.39 is 28.8 Å². The van der Waals surface area contributed by atoms with Crippen LogP contribution >= 0.6 is 0 Å². The topological polar surface area (TPSA) is 93.1 Å². The summed E-state index contributed by atoms with van der Waals surface area (Å²) < 4.78 is 15.0. The molecule has 3 rings (SSSR count). The number of nitrogens with zero attached hydrogens (tertiary/aromatic N) is 2. The van der Waals surface area contributed by atoms with Crippen LogP contribution in [0.2, 0.25) is 0 Å². The Balaban J connectivity index is 1.82. The van der Waals surface area contributed by atoms with Crippen molar-refractivity contribution in [1.29, 1.82) is 0 Å². The van der Waals surface area contributed by atoms with E-state index in [0.29, 0.717) is 11.4 Å². The van der Waals surface area contributed by atoms with Crippen LogP contribution in [0.25, 0.3) is 5.69 Å². The Kier molecular flexibility index (Phi) is 5.07. The molecule has 27 heavy (non-hydrogen) atoms. The van der Waals surface area contributed by atoms with E-state index in [1.165, 1.54) is 28.9 Å². The van der Waals surface area contributed by atoms with Crippen molar-refractivity contribution in [2.75, 3.05) is 0 Å². The summed E-state index contributed by atoms with van der Waals surface area (Å²) in [7, 11) is 0. The molecule has 1 aromatic heterocycles. The van der Waals surface area contributed by atoms with Crippen molar-refractivity contribution in [3.63, 3.8) is 0 Å². The maximum absolute atomic E-state index is 13.6. The minimum Gasteiger partial charge on any atom is -0.287 e. The molecule has 8 heteroatoms. The zero-order chi connectivity index (χ0) is 19.4. The first kappa shape index (κ1) is 18.0. The number of nitrogens with one attached hydrogen (secondary N) is 2. The van der Waals surface area contributed by atoms with Crippen LogP contribution in [0.15, 0.2) is 65.5 Å². The van der Waals surface area contributed by atoms with Crippen LogP contribution in [-0.4, -0.2) is 21.6 Å². The summed E-state index contributed by atoms with van der Waals surface area (Å²) in [6, 6.07) is 15.5. The van der Waals surface area contributed by atoms with Crippen LogP contribution in [0.1, 0.15) is 26.5 Å². The van der Waals surface area contributed by atoms with Gasteiger partial charge in [-0.05, 0) is 31.2 Å². The van der Waals surface area contributed by atoms with Crippen molar-refractivity contribution in [2.24, 2.45) is 0 Å². The molecule has 0 aliphatic rings. The lowest BCUT2D eigenvalue weighted by Gasteiger charge is -2.11. The third-order valence-corrected chi connectivity index (χ3v) is 3.73. The minimum atomic E-state index is -0.908. The lowest BCUT2D eigenvalue weighted by Crippen LogP contribution is -2.44. The van der Waals surface area contributed by atoms with Gasteiger partial charge in [-0.2, -0.15) is 5.10 Å². The lowest BCUT2D eigenvalue weighted by molar-refractivity contribution is 0.0840. The van der Waals surface area contributed by atoms with E-state index in [-0.39, 0.29) is 5.56 Å². The molecular weight excluding hydrogens is 351 g/mol. The van der Waals surface area contributed by atoms with E-state index in [0.717, 1.165) is 6.07 Å². The number of benzene rings is 2. The molecule has 0 radical (unpaired) electrons. The standard InChI is InChI=1S/C19H15FN4O3/c1-12-11-16(25)17(23-24(12)13-7-3-2-4-8-13)19(27)22-21-18(26)14-9-5-6-10-15(14)20/h2-11H,1H3,(H,21,26)(H,22,27). The Hall–Kier alpha value is -3.81. The average molecular weight is 366 g/mol. The summed E-state index contributed by atoms with van der Waals surface area (Å²) in [4.78, 5) is 36.4. The quantitative estimate of drug-likeness (QED) is 0.691. The van der Waals surface area contributed by atoms with Gasteiger partial charge in [0, 0.05) is 11.8 Å². The average Bonchev–Trinajstić information content (AvgIpc) is 2.67. The molecular formula is C19H15FN4O3. The molecule has 0 saturated heterocycles. The molecule has 0 aliphatic carbocycles. The predicted molar refractivity (Wildman–Crippen MR) is 95.9 cm³/mol. The second kappa shape index (κ2) is 7.61. The van der Waals surface area contributed by atoms with Crippen molar-refractivity contribution < 1.29 is 14.0 Å². The van der Waals surface area contributed by atoms with Crippen LogP contribution in [-0.2, 0) is 0 Å². The van der Waals surface area contributed by atoms with Gasteiger partial charge in [0.1, 0.15) is 5.82 Å². The fraction of sp³-hybridized carbons (Fsp3) is 0.0526. The molecule has 0 unspecified atom stereocenters. The van der Waals surface area contributed by atoms with Gasteiger partial charge in [0.05, 0.1) is 11.3 Å². The highest BCUT2D eigenvalue weighted by Crippen LogP contribution is 2.08. The molecule has 1 heterocycles. The molecule has 2 amide bonds. The first-order valence-corrected chi connectivity index (χ1v) is 7.99. The van der Waals surface area contributed by atoms with E-state index in [1.807, 2.05) is 6.07 Å². The monoisotopic (exact) mass is 366 g/mol. The van der Waals surface area contributed by atoms with Crippen LogP contribution in [0, 0.1) is 12.7 Å². The van der Waals surface area contributed by atoms with Gasteiger partial charge in [-0.25, -0.2) is 9.07 Å². The SMILES string of the molecule is Cc1cc(=O)c(C(=O)NNC(=O)c2ccccc2F)nn1-c1ccccc1. The second-order valence-electron chi connectivity index (χ2n) is 5.63. The predicted octanol–water partition coefficient (Wildman–Crippen LogP) is 1.75. The second-order valence-corrected chi connectivity index (χ2v) is 5.63. The lowest BCUT2D eigenvalue weighted by atomic mass is 10.2. The molecule has 0 saturated carbocycles. The maximum Gasteiger partial charge on any atom is 0.294 e. The molecule has 0 bridgehead atoms. The van der Waals surface area contributed by atoms with Crippen LogP contribution in [0.3, 0.4) is 0 Å². The number of halogens is 1. The summed E-state index contributed by atoms with van der Waals surface area (Å²) in [5.74, 6) is -2.49. The molecule has 0 spiro atoms. The number of carbonyl (C=O) groups excluding carboxylic acids is 2. The minimum absolute atomic E-state index is 0.239. The highest BCUT2D eigenvalue weighted by Gasteiger charge is 2.17. The number of hydrogen-bond acceptors (Lipinski definition) is 4. The van der Waals surface area contributed by atoms with Crippen molar-refractivity contribution in [3.8, 4) is 5.69 Å². The third-order valence-electron chi connectivity index (χ3n) is 3.73. The van der Waals surface area contributed by atoms with Gasteiger partial charge in [0.25, 0.3) is 11.8 Å². The van der Waals surface area contributed by atoms with E-state index in [1.54, 1.807) is 31.2 Å². The number of hydrazine groups is 1. The Morgan fingerprint density at radius 2 is 1.59 bits per heavy atom. The van der Waals surface area contributed by atoms with Crippen LogP contribution in [0.5, 0.6) is 0 Å². The smallest absolute Gasteiger partial charge is 0.287 e. The van der Waals surface area contributed by atoms with E-state index >= 15 is 0 Å². The largest absolute Gasteiger partial charge is 0.294 e. The molecule has 2 aromatic carbocycles. The van der Waals surface area contributed by atoms with E-state index in [4.69, 9.17) is 0 Å². The number of aromatic nitrogens is 2. The number of aryl methyl sites for hydroxylation is 1. The van der Waals surface area contributed by atoms with Gasteiger partial charge in [0.15, 0.2) is 5.69 Å². The van der Waals surface area contributed by atoms with Crippen molar-refractivity contribution in [1.82, 2.24) is 20.6 Å². The van der Waals surface area contributed by atoms with E-state index in [2.05, 4.69) is 16.0 Å². The van der Waals surface area contributed by atoms with E-state index in [9.17, 15) is 18.8 Å². The maximum atomic E-state index is 13.6. The number of para-hydroxylation sites is 1. The molecule has 0 aliphatic heterocycles. The van der Waals surface area contributed by atoms with Crippen molar-refractivity contribution >= 4 is 11.8 Å². The number of carbonyl (C=O) groups is 2. The van der Waals surface area contributed by atoms with Crippen LogP contribution < -0.4 is 16.3 Å². The Labute approximate surface area is 153 Å². The fourth-order valence-electron chi connectivity index (χ4n) is 2.42. The Bertz CT molecular complexity index is 1060.